The number of aromatic amines is 1. The summed E-state index contributed by atoms with van der Waals surface area (Å²) in [5, 5.41) is 15.8. The van der Waals surface area contributed by atoms with Gasteiger partial charge < -0.3 is 4.90 Å². The van der Waals surface area contributed by atoms with Crippen LogP contribution in [0.1, 0.15) is 85.8 Å². The third-order valence-corrected chi connectivity index (χ3v) is 8.63. The van der Waals surface area contributed by atoms with Gasteiger partial charge in [-0.25, -0.2) is 0 Å². The summed E-state index contributed by atoms with van der Waals surface area (Å²) in [4.78, 5) is 42.1. The highest BCUT2D eigenvalue weighted by atomic mass is 16.2. The number of tetrazole rings is 1. The number of amides is 2. The van der Waals surface area contributed by atoms with Gasteiger partial charge >= 0.3 is 0 Å². The van der Waals surface area contributed by atoms with Crippen molar-refractivity contribution >= 4 is 29.2 Å². The van der Waals surface area contributed by atoms with Crippen molar-refractivity contribution in [2.75, 3.05) is 10.2 Å². The predicted octanol–water partition coefficient (Wildman–Crippen LogP) is 6.56. The lowest BCUT2D eigenvalue weighted by atomic mass is 9.84. The summed E-state index contributed by atoms with van der Waals surface area (Å²) in [6.45, 7) is 0.271. The van der Waals surface area contributed by atoms with E-state index in [4.69, 9.17) is 0 Å². The van der Waals surface area contributed by atoms with Crippen molar-refractivity contribution in [3.63, 3.8) is 0 Å². The fraction of sp³-hybridized carbons (Fsp3) is 0.200. The van der Waals surface area contributed by atoms with Crippen LogP contribution in [-0.2, 0) is 6.54 Å². The second kappa shape index (κ2) is 11.7. The first kappa shape index (κ1) is 27.4. The molecule has 218 valence electrons. The number of nitrogens with one attached hydrogen (secondary N) is 2. The Morgan fingerprint density at radius 1 is 0.818 bits per heavy atom. The van der Waals surface area contributed by atoms with E-state index in [1.807, 2.05) is 48.5 Å². The fourth-order valence-corrected chi connectivity index (χ4v) is 6.37. The molecule has 9 nitrogen and oxygen atoms in total. The van der Waals surface area contributed by atoms with Crippen LogP contribution in [0, 0.1) is 0 Å². The number of fused-ring (bicyclic) bond motifs is 3. The third-order valence-electron chi connectivity index (χ3n) is 8.63. The Morgan fingerprint density at radius 2 is 1.55 bits per heavy atom. The van der Waals surface area contributed by atoms with Crippen LogP contribution in [0.3, 0.4) is 0 Å². The van der Waals surface area contributed by atoms with E-state index in [0.29, 0.717) is 33.7 Å². The number of hydrogen-bond acceptors (Lipinski definition) is 6. The molecule has 2 amide bonds. The number of anilines is 2. The van der Waals surface area contributed by atoms with Crippen LogP contribution in [0.2, 0.25) is 0 Å². The third kappa shape index (κ3) is 5.17. The molecule has 0 saturated heterocycles. The van der Waals surface area contributed by atoms with E-state index >= 15 is 0 Å². The topological polar surface area (TPSA) is 121 Å². The van der Waals surface area contributed by atoms with Crippen LogP contribution in [0.5, 0.6) is 0 Å². The molecule has 0 bridgehead atoms. The first-order valence-electron chi connectivity index (χ1n) is 14.9. The molecule has 2 N–H and O–H groups in total. The fourth-order valence-electron chi connectivity index (χ4n) is 6.37. The molecular formula is C35H30N6O3. The van der Waals surface area contributed by atoms with Crippen LogP contribution < -0.4 is 10.2 Å². The maximum absolute atomic E-state index is 14.5. The molecule has 2 aliphatic rings. The normalized spacial score (nSPS) is 14.1. The number of hydrogen-bond donors (Lipinski definition) is 2. The number of carbonyl (C=O) groups is 3. The highest BCUT2D eigenvalue weighted by Crippen LogP contribution is 2.40. The monoisotopic (exact) mass is 582 g/mol. The number of carbonyl (C=O) groups excluding carboxylic acids is 3. The minimum absolute atomic E-state index is 0.0664. The quantitative estimate of drug-likeness (QED) is 0.220. The van der Waals surface area contributed by atoms with Gasteiger partial charge in [0.1, 0.15) is 0 Å². The van der Waals surface area contributed by atoms with Gasteiger partial charge in [-0.1, -0.05) is 85.0 Å². The maximum Gasteiger partial charge on any atom is 0.270 e. The van der Waals surface area contributed by atoms with Gasteiger partial charge in [-0.05, 0) is 71.0 Å². The molecule has 4 aromatic carbocycles. The van der Waals surface area contributed by atoms with Crippen LogP contribution in [0.25, 0.3) is 11.1 Å². The summed E-state index contributed by atoms with van der Waals surface area (Å²) in [5.74, 6) is 0.00218. The van der Waals surface area contributed by atoms with Crippen molar-refractivity contribution in [3.8, 4) is 11.1 Å². The van der Waals surface area contributed by atoms with Crippen LogP contribution in [-0.4, -0.2) is 38.2 Å². The van der Waals surface area contributed by atoms with E-state index in [1.165, 1.54) is 37.7 Å². The molecule has 0 radical (unpaired) electrons. The number of benzene rings is 4. The molecule has 1 fully saturated rings. The van der Waals surface area contributed by atoms with E-state index in [2.05, 4.69) is 38.1 Å². The minimum Gasteiger partial charge on any atom is -0.304 e. The largest absolute Gasteiger partial charge is 0.304 e. The molecule has 2 aliphatic carbocycles. The molecule has 0 unspecified atom stereocenters. The Hall–Kier alpha value is -5.44. The van der Waals surface area contributed by atoms with Crippen molar-refractivity contribution in [1.82, 2.24) is 20.6 Å². The Balaban J connectivity index is 1.22. The number of nitrogens with zero attached hydrogens (tertiary/aromatic N) is 4. The molecule has 9 heteroatoms. The molecule has 0 aliphatic heterocycles. The predicted molar refractivity (Wildman–Crippen MR) is 167 cm³/mol. The number of rotatable bonds is 7. The lowest BCUT2D eigenvalue weighted by molar-refractivity contribution is 0.0983. The van der Waals surface area contributed by atoms with E-state index < -0.39 is 0 Å². The first-order chi connectivity index (χ1) is 21.6. The molecule has 1 aromatic heterocycles. The molecule has 7 rings (SSSR count). The average molecular weight is 583 g/mol. The number of aromatic nitrogens is 4. The highest BCUT2D eigenvalue weighted by Gasteiger charge is 2.32. The molecular weight excluding hydrogens is 552 g/mol. The van der Waals surface area contributed by atoms with Crippen molar-refractivity contribution < 1.29 is 14.4 Å². The number of ketones is 1. The van der Waals surface area contributed by atoms with Gasteiger partial charge in [0.15, 0.2) is 5.78 Å². The summed E-state index contributed by atoms with van der Waals surface area (Å²) in [7, 11) is 0. The van der Waals surface area contributed by atoms with E-state index in [0.717, 1.165) is 16.8 Å². The van der Waals surface area contributed by atoms with Gasteiger partial charge in [-0.3, -0.25) is 19.7 Å². The zero-order valence-electron chi connectivity index (χ0n) is 24.0. The molecule has 5 aromatic rings. The lowest BCUT2D eigenvalue weighted by Gasteiger charge is -2.26. The van der Waals surface area contributed by atoms with Crippen molar-refractivity contribution in [2.24, 2.45) is 0 Å². The first-order valence-corrected chi connectivity index (χ1v) is 14.9. The summed E-state index contributed by atoms with van der Waals surface area (Å²) in [6, 6.07) is 28.2. The smallest absolute Gasteiger partial charge is 0.270 e. The van der Waals surface area contributed by atoms with Gasteiger partial charge in [0.2, 0.25) is 0 Å². The number of H-pyrrole nitrogens is 1. The van der Waals surface area contributed by atoms with Gasteiger partial charge in [0.05, 0.1) is 6.54 Å². The molecule has 1 heterocycles. The Labute approximate surface area is 254 Å². The zero-order valence-corrected chi connectivity index (χ0v) is 24.0. The zero-order chi connectivity index (χ0) is 30.0. The summed E-state index contributed by atoms with van der Waals surface area (Å²) in [6.07, 6.45) is 6.18. The Morgan fingerprint density at radius 3 is 2.27 bits per heavy atom. The van der Waals surface area contributed by atoms with Crippen LogP contribution in [0.4, 0.5) is 11.6 Å². The van der Waals surface area contributed by atoms with Crippen molar-refractivity contribution in [3.05, 3.63) is 124 Å². The molecule has 44 heavy (non-hydrogen) atoms. The highest BCUT2D eigenvalue weighted by molar-refractivity contribution is 6.25. The minimum atomic E-state index is -0.368. The van der Waals surface area contributed by atoms with Crippen LogP contribution >= 0.6 is 0 Å². The van der Waals surface area contributed by atoms with Crippen molar-refractivity contribution in [1.29, 1.82) is 0 Å². The molecule has 1 saturated carbocycles. The summed E-state index contributed by atoms with van der Waals surface area (Å²) in [5.41, 5.74) is 6.42. The maximum atomic E-state index is 14.5. The lowest BCUT2D eigenvalue weighted by Crippen LogP contribution is -2.31. The van der Waals surface area contributed by atoms with E-state index in [1.54, 1.807) is 35.2 Å². The van der Waals surface area contributed by atoms with E-state index in [-0.39, 0.29) is 30.1 Å². The second-order valence-electron chi connectivity index (χ2n) is 11.3. The Kier molecular flexibility index (Phi) is 7.27. The molecule has 0 atom stereocenters. The van der Waals surface area contributed by atoms with Gasteiger partial charge in [-0.2, -0.15) is 5.21 Å². The van der Waals surface area contributed by atoms with Gasteiger partial charge in [-0.15, -0.1) is 5.10 Å². The van der Waals surface area contributed by atoms with Gasteiger partial charge in [0, 0.05) is 33.5 Å². The summed E-state index contributed by atoms with van der Waals surface area (Å²) < 4.78 is 0. The van der Waals surface area contributed by atoms with E-state index in [9.17, 15) is 14.4 Å². The molecule has 0 spiro atoms. The summed E-state index contributed by atoms with van der Waals surface area (Å²) >= 11 is 0. The SMILES string of the molecule is O=C(Nc1nn[nH]n1)c1ccc(CN(C(=O)c2cccc3c2-c2ccccc2C3=O)c2ccc(C3CCCCC3)cc2)cc1. The van der Waals surface area contributed by atoms with Crippen LogP contribution in [0.15, 0.2) is 91.0 Å². The standard InChI is InChI=1S/C35H30N6O3/c42-32-28-10-5-4-9-27(28)31-29(32)11-6-12-30(31)34(44)41(26-19-17-24(18-20-26)23-7-2-1-3-8-23)21-22-13-15-25(16-14-22)33(43)36-35-37-39-40-38-35/h4-6,9-20,23H,1-3,7-8,21H2,(H2,36,37,38,39,40,43). The van der Waals surface area contributed by atoms with Gasteiger partial charge in [0.25, 0.3) is 17.8 Å². The second-order valence-corrected chi connectivity index (χ2v) is 11.3. The Bertz CT molecular complexity index is 1840. The van der Waals surface area contributed by atoms with Crippen molar-refractivity contribution in [2.45, 2.75) is 44.6 Å². The average Bonchev–Trinajstić information content (AvgIpc) is 3.70.